The number of hydrogen-bond donors (Lipinski definition) is 1. The number of ether oxygens (including phenoxy) is 1. The van der Waals surface area contributed by atoms with Crippen molar-refractivity contribution < 1.29 is 9.53 Å². The summed E-state index contributed by atoms with van der Waals surface area (Å²) in [5.74, 6) is 0.258. The average molecular weight is 269 g/mol. The Labute approximate surface area is 116 Å². The van der Waals surface area contributed by atoms with E-state index in [1.54, 1.807) is 0 Å². The van der Waals surface area contributed by atoms with Gasteiger partial charge in [-0.05, 0) is 33.7 Å². The smallest absolute Gasteiger partial charge is 0.236 e. The predicted octanol–water partition coefficient (Wildman–Crippen LogP) is 0.308. The number of nitrogens with one attached hydrogen (secondary N) is 1. The number of amides is 1. The Kier molecular flexibility index (Phi) is 4.81. The first-order valence-electron chi connectivity index (χ1n) is 7.31. The van der Waals surface area contributed by atoms with Gasteiger partial charge < -0.3 is 15.0 Å². The van der Waals surface area contributed by atoms with Gasteiger partial charge in [0.05, 0.1) is 12.1 Å². The van der Waals surface area contributed by atoms with E-state index in [2.05, 4.69) is 31.1 Å². The van der Waals surface area contributed by atoms with Crippen molar-refractivity contribution in [3.63, 3.8) is 0 Å². The molecule has 0 saturated carbocycles. The predicted molar refractivity (Wildman–Crippen MR) is 75.1 cm³/mol. The molecule has 2 aliphatic heterocycles. The number of carbonyl (C=O) groups is 1. The highest BCUT2D eigenvalue weighted by atomic mass is 16.5. The minimum absolute atomic E-state index is 0.0602. The third kappa shape index (κ3) is 4.16. The van der Waals surface area contributed by atoms with Crippen LogP contribution >= 0.6 is 0 Å². The molecule has 5 heteroatoms. The quantitative estimate of drug-likeness (QED) is 0.801. The van der Waals surface area contributed by atoms with E-state index >= 15 is 0 Å². The van der Waals surface area contributed by atoms with Crippen molar-refractivity contribution in [3.05, 3.63) is 0 Å². The Balaban J connectivity index is 1.82. The van der Waals surface area contributed by atoms with E-state index in [1.165, 1.54) is 0 Å². The van der Waals surface area contributed by atoms with Crippen LogP contribution in [0.4, 0.5) is 0 Å². The lowest BCUT2D eigenvalue weighted by Crippen LogP contribution is -2.52. The Bertz CT molecular complexity index is 314. The van der Waals surface area contributed by atoms with Crippen LogP contribution in [-0.2, 0) is 9.53 Å². The molecule has 1 unspecified atom stereocenters. The molecule has 0 radical (unpaired) electrons. The Morgan fingerprint density at radius 2 is 2.11 bits per heavy atom. The number of piperazine rings is 1. The molecule has 110 valence electrons. The van der Waals surface area contributed by atoms with Gasteiger partial charge in [-0.2, -0.15) is 0 Å². The van der Waals surface area contributed by atoms with Gasteiger partial charge in [-0.3, -0.25) is 9.69 Å². The first-order valence-corrected chi connectivity index (χ1v) is 7.31. The van der Waals surface area contributed by atoms with Gasteiger partial charge in [-0.25, -0.2) is 0 Å². The SMILES string of the molecule is CN(CC(=O)N1CCNCC1)C1CCOC(C)(C)C1. The lowest BCUT2D eigenvalue weighted by atomic mass is 9.93. The van der Waals surface area contributed by atoms with Crippen molar-refractivity contribution in [3.8, 4) is 0 Å². The molecule has 0 spiro atoms. The van der Waals surface area contributed by atoms with Gasteiger partial charge in [0.15, 0.2) is 0 Å². The standard InChI is InChI=1S/C14H27N3O2/c1-14(2)10-12(4-9-19-14)16(3)11-13(18)17-7-5-15-6-8-17/h12,15H,4-11H2,1-3H3. The third-order valence-corrected chi connectivity index (χ3v) is 4.15. The molecule has 0 aromatic rings. The zero-order chi connectivity index (χ0) is 13.9. The van der Waals surface area contributed by atoms with Crippen LogP contribution < -0.4 is 5.32 Å². The second-order valence-corrected chi connectivity index (χ2v) is 6.30. The molecule has 2 saturated heterocycles. The molecular formula is C14H27N3O2. The second kappa shape index (κ2) is 6.20. The van der Waals surface area contributed by atoms with Crippen LogP contribution in [0.5, 0.6) is 0 Å². The molecule has 2 aliphatic rings. The molecule has 2 heterocycles. The molecule has 0 aromatic heterocycles. The fourth-order valence-electron chi connectivity index (χ4n) is 2.93. The van der Waals surface area contributed by atoms with E-state index in [9.17, 15) is 4.79 Å². The number of carbonyl (C=O) groups excluding carboxylic acids is 1. The van der Waals surface area contributed by atoms with Gasteiger partial charge >= 0.3 is 0 Å². The van der Waals surface area contributed by atoms with Crippen LogP contribution in [0.3, 0.4) is 0 Å². The maximum atomic E-state index is 12.2. The molecule has 2 rings (SSSR count). The summed E-state index contributed by atoms with van der Waals surface area (Å²) in [4.78, 5) is 16.4. The van der Waals surface area contributed by atoms with Crippen LogP contribution in [0.15, 0.2) is 0 Å². The zero-order valence-electron chi connectivity index (χ0n) is 12.4. The summed E-state index contributed by atoms with van der Waals surface area (Å²) in [6, 6.07) is 0.454. The van der Waals surface area contributed by atoms with E-state index in [-0.39, 0.29) is 11.5 Å². The van der Waals surface area contributed by atoms with Crippen LogP contribution in [0.25, 0.3) is 0 Å². The summed E-state index contributed by atoms with van der Waals surface area (Å²) in [6.45, 7) is 9.10. The van der Waals surface area contributed by atoms with Crippen LogP contribution in [0.1, 0.15) is 26.7 Å². The lowest BCUT2D eigenvalue weighted by molar-refractivity contribution is -0.135. The molecule has 19 heavy (non-hydrogen) atoms. The number of rotatable bonds is 3. The van der Waals surface area contributed by atoms with E-state index in [4.69, 9.17) is 4.74 Å². The Hall–Kier alpha value is -0.650. The van der Waals surface area contributed by atoms with Gasteiger partial charge in [0, 0.05) is 38.8 Å². The van der Waals surface area contributed by atoms with Gasteiger partial charge in [0.1, 0.15) is 0 Å². The summed E-state index contributed by atoms with van der Waals surface area (Å²) in [7, 11) is 2.06. The molecule has 1 N–H and O–H groups in total. The molecular weight excluding hydrogens is 242 g/mol. The summed E-state index contributed by atoms with van der Waals surface area (Å²) in [6.07, 6.45) is 2.02. The van der Waals surface area contributed by atoms with E-state index < -0.39 is 0 Å². The van der Waals surface area contributed by atoms with Crippen molar-refractivity contribution in [2.75, 3.05) is 46.4 Å². The van der Waals surface area contributed by atoms with Gasteiger partial charge in [-0.1, -0.05) is 0 Å². The minimum Gasteiger partial charge on any atom is -0.375 e. The highest BCUT2D eigenvalue weighted by molar-refractivity contribution is 5.78. The molecule has 1 amide bonds. The first-order chi connectivity index (χ1) is 8.98. The maximum absolute atomic E-state index is 12.2. The number of nitrogens with zero attached hydrogens (tertiary/aromatic N) is 2. The van der Waals surface area contributed by atoms with Gasteiger partial charge in [-0.15, -0.1) is 0 Å². The van der Waals surface area contributed by atoms with E-state index in [0.29, 0.717) is 12.6 Å². The van der Waals surface area contributed by atoms with Crippen molar-refractivity contribution in [2.24, 2.45) is 0 Å². The van der Waals surface area contributed by atoms with Gasteiger partial charge in [0.25, 0.3) is 0 Å². The zero-order valence-corrected chi connectivity index (χ0v) is 12.4. The summed E-state index contributed by atoms with van der Waals surface area (Å²) in [5.41, 5.74) is -0.0602. The Morgan fingerprint density at radius 1 is 1.42 bits per heavy atom. The first kappa shape index (κ1) is 14.8. The van der Waals surface area contributed by atoms with Crippen molar-refractivity contribution in [1.82, 2.24) is 15.1 Å². The van der Waals surface area contributed by atoms with Crippen molar-refractivity contribution in [2.45, 2.75) is 38.3 Å². The molecule has 2 fully saturated rings. The highest BCUT2D eigenvalue weighted by Crippen LogP contribution is 2.26. The maximum Gasteiger partial charge on any atom is 0.236 e. The summed E-state index contributed by atoms with van der Waals surface area (Å²) in [5, 5.41) is 3.27. The monoisotopic (exact) mass is 269 g/mol. The number of hydrogen-bond acceptors (Lipinski definition) is 4. The van der Waals surface area contributed by atoms with Gasteiger partial charge in [0.2, 0.25) is 5.91 Å². The average Bonchev–Trinajstić information content (AvgIpc) is 2.38. The second-order valence-electron chi connectivity index (χ2n) is 6.30. The van der Waals surface area contributed by atoms with Crippen LogP contribution in [0.2, 0.25) is 0 Å². The van der Waals surface area contributed by atoms with Crippen LogP contribution in [0, 0.1) is 0 Å². The molecule has 0 aliphatic carbocycles. The largest absolute Gasteiger partial charge is 0.375 e. The molecule has 0 aromatic carbocycles. The summed E-state index contributed by atoms with van der Waals surface area (Å²) < 4.78 is 5.74. The van der Waals surface area contributed by atoms with Crippen molar-refractivity contribution in [1.29, 1.82) is 0 Å². The lowest BCUT2D eigenvalue weighted by Gasteiger charge is -2.40. The van der Waals surface area contributed by atoms with E-state index in [0.717, 1.165) is 45.6 Å². The third-order valence-electron chi connectivity index (χ3n) is 4.15. The number of likely N-dealkylation sites (N-methyl/N-ethyl adjacent to an activating group) is 1. The minimum atomic E-state index is -0.0602. The van der Waals surface area contributed by atoms with Crippen molar-refractivity contribution >= 4 is 5.91 Å². The topological polar surface area (TPSA) is 44.8 Å². The van der Waals surface area contributed by atoms with E-state index in [1.807, 2.05) is 4.90 Å². The molecule has 0 bridgehead atoms. The molecule has 5 nitrogen and oxygen atoms in total. The highest BCUT2D eigenvalue weighted by Gasteiger charge is 2.32. The fraction of sp³-hybridized carbons (Fsp3) is 0.929. The summed E-state index contributed by atoms with van der Waals surface area (Å²) >= 11 is 0. The molecule has 1 atom stereocenters. The van der Waals surface area contributed by atoms with Crippen LogP contribution in [-0.4, -0.2) is 73.7 Å². The fourth-order valence-corrected chi connectivity index (χ4v) is 2.93. The Morgan fingerprint density at radius 3 is 2.74 bits per heavy atom. The normalized spacial score (nSPS) is 27.6.